The van der Waals surface area contributed by atoms with Crippen molar-refractivity contribution in [3.05, 3.63) is 77.9 Å². The molecule has 3 aromatic rings. The predicted molar refractivity (Wildman–Crippen MR) is 135 cm³/mol. The lowest BCUT2D eigenvalue weighted by atomic mass is 10.0. The third-order valence-corrected chi connectivity index (χ3v) is 9.72. The smallest absolute Gasteiger partial charge is 0.257 e. The average Bonchev–Trinajstić information content (AvgIpc) is 3.47. The Bertz CT molecular complexity index is 1330. The summed E-state index contributed by atoms with van der Waals surface area (Å²) < 4.78 is 29.7. The molecule has 1 aromatic carbocycles. The molecule has 3 fully saturated rings. The number of hydrogen-bond acceptors (Lipinski definition) is 5. The van der Waals surface area contributed by atoms with Crippen molar-refractivity contribution in [2.45, 2.75) is 54.9 Å². The molecule has 1 unspecified atom stereocenters. The third-order valence-electron chi connectivity index (χ3n) is 7.81. The molecule has 3 aliphatic rings. The molecule has 2 aliphatic heterocycles. The molecule has 6 rings (SSSR count). The zero-order valence-electron chi connectivity index (χ0n) is 20.2. The molecular formula is C27H31N5O3S. The molecule has 1 aliphatic carbocycles. The van der Waals surface area contributed by atoms with E-state index in [1.54, 1.807) is 41.0 Å². The molecule has 9 heteroatoms. The Morgan fingerprint density at radius 2 is 1.64 bits per heavy atom. The molecule has 188 valence electrons. The first-order chi connectivity index (χ1) is 17.5. The normalized spacial score (nSPS) is 21.7. The number of nitrogens with zero attached hydrogens (tertiary/aromatic N) is 5. The van der Waals surface area contributed by atoms with Gasteiger partial charge in [-0.2, -0.15) is 9.40 Å². The predicted octanol–water partition coefficient (Wildman–Crippen LogP) is 3.81. The number of likely N-dealkylation sites (tertiary alicyclic amines) is 1. The van der Waals surface area contributed by atoms with Crippen LogP contribution in [0.4, 0.5) is 0 Å². The number of amides is 1. The number of rotatable bonds is 6. The molecule has 1 atom stereocenters. The van der Waals surface area contributed by atoms with Crippen molar-refractivity contribution in [2.24, 2.45) is 0 Å². The summed E-state index contributed by atoms with van der Waals surface area (Å²) >= 11 is 0. The molecule has 0 N–H and O–H groups in total. The fraction of sp³-hybridized carbons (Fsp3) is 0.444. The Balaban J connectivity index is 1.17. The molecule has 36 heavy (non-hydrogen) atoms. The van der Waals surface area contributed by atoms with Crippen LogP contribution in [0.3, 0.4) is 0 Å². The quantitative estimate of drug-likeness (QED) is 0.508. The first kappa shape index (κ1) is 23.4. The van der Waals surface area contributed by atoms with Crippen LogP contribution >= 0.6 is 0 Å². The first-order valence-electron chi connectivity index (χ1n) is 12.8. The monoisotopic (exact) mass is 505 g/mol. The van der Waals surface area contributed by atoms with E-state index < -0.39 is 10.0 Å². The van der Waals surface area contributed by atoms with E-state index in [9.17, 15) is 13.2 Å². The van der Waals surface area contributed by atoms with Crippen LogP contribution in [0.5, 0.6) is 0 Å². The van der Waals surface area contributed by atoms with Gasteiger partial charge in [0.1, 0.15) is 0 Å². The van der Waals surface area contributed by atoms with Gasteiger partial charge in [0.2, 0.25) is 10.0 Å². The van der Waals surface area contributed by atoms with Crippen LogP contribution in [0.25, 0.3) is 0 Å². The summed E-state index contributed by atoms with van der Waals surface area (Å²) in [6.45, 7) is 2.35. The first-order valence-corrected chi connectivity index (χ1v) is 14.3. The topological polar surface area (TPSA) is 88.4 Å². The van der Waals surface area contributed by atoms with Crippen molar-refractivity contribution in [1.82, 2.24) is 24.0 Å². The van der Waals surface area contributed by atoms with Gasteiger partial charge in [-0.05, 0) is 55.9 Å². The van der Waals surface area contributed by atoms with Gasteiger partial charge in [0.25, 0.3) is 5.91 Å². The Morgan fingerprint density at radius 1 is 0.861 bits per heavy atom. The second-order valence-corrected chi connectivity index (χ2v) is 12.1. The molecule has 0 spiro atoms. The Morgan fingerprint density at radius 3 is 2.33 bits per heavy atom. The summed E-state index contributed by atoms with van der Waals surface area (Å²) in [5, 5.41) is 4.71. The Kier molecular flexibility index (Phi) is 6.13. The number of sulfonamides is 1. The van der Waals surface area contributed by atoms with Crippen LogP contribution in [0.2, 0.25) is 0 Å². The standard InChI is InChI=1S/C27H31N5O3S/c33-27(30-14-10-22(19-30)21-5-4-13-28-17-21)25-18-29-32(26(25)20-8-9-20)23-11-15-31(16-12-23)36(34,35)24-6-2-1-3-7-24/h1-7,13,17-18,20,22-23H,8-12,14-16,19H2. The summed E-state index contributed by atoms with van der Waals surface area (Å²) in [5.41, 5.74) is 2.96. The number of aromatic nitrogens is 3. The minimum atomic E-state index is -3.49. The summed E-state index contributed by atoms with van der Waals surface area (Å²) in [7, 11) is -3.49. The maximum absolute atomic E-state index is 13.6. The van der Waals surface area contributed by atoms with Gasteiger partial charge in [-0.25, -0.2) is 8.42 Å². The molecule has 2 saturated heterocycles. The van der Waals surface area contributed by atoms with E-state index in [2.05, 4.69) is 11.1 Å². The number of piperidine rings is 1. The number of hydrogen-bond donors (Lipinski definition) is 0. The molecular weight excluding hydrogens is 474 g/mol. The number of carbonyl (C=O) groups is 1. The lowest BCUT2D eigenvalue weighted by Gasteiger charge is -2.32. The zero-order chi connectivity index (χ0) is 24.7. The summed E-state index contributed by atoms with van der Waals surface area (Å²) in [5.74, 6) is 0.755. The highest BCUT2D eigenvalue weighted by Crippen LogP contribution is 2.44. The van der Waals surface area contributed by atoms with Crippen LogP contribution in [-0.4, -0.2) is 64.5 Å². The fourth-order valence-corrected chi connectivity index (χ4v) is 7.16. The van der Waals surface area contributed by atoms with Crippen LogP contribution in [0.15, 0.2) is 66.0 Å². The van der Waals surface area contributed by atoms with Gasteiger partial charge in [0, 0.05) is 50.4 Å². The lowest BCUT2D eigenvalue weighted by Crippen LogP contribution is -2.39. The maximum atomic E-state index is 13.6. The fourth-order valence-electron chi connectivity index (χ4n) is 5.66. The van der Waals surface area contributed by atoms with E-state index in [4.69, 9.17) is 5.10 Å². The van der Waals surface area contributed by atoms with Crippen molar-refractivity contribution < 1.29 is 13.2 Å². The van der Waals surface area contributed by atoms with E-state index in [0.29, 0.717) is 49.2 Å². The van der Waals surface area contributed by atoms with Crippen molar-refractivity contribution in [3.63, 3.8) is 0 Å². The van der Waals surface area contributed by atoms with Crippen LogP contribution in [0, 0.1) is 0 Å². The number of pyridine rings is 1. The van der Waals surface area contributed by atoms with Gasteiger partial charge in [-0.3, -0.25) is 14.5 Å². The van der Waals surface area contributed by atoms with Gasteiger partial charge < -0.3 is 4.90 Å². The van der Waals surface area contributed by atoms with Gasteiger partial charge in [-0.15, -0.1) is 0 Å². The number of carbonyl (C=O) groups excluding carboxylic acids is 1. The van der Waals surface area contributed by atoms with E-state index in [0.717, 1.165) is 37.1 Å². The molecule has 1 amide bonds. The minimum Gasteiger partial charge on any atom is -0.338 e. The molecule has 2 aromatic heterocycles. The van der Waals surface area contributed by atoms with Crippen molar-refractivity contribution in [3.8, 4) is 0 Å². The summed E-state index contributed by atoms with van der Waals surface area (Å²) in [6, 6.07) is 12.8. The lowest BCUT2D eigenvalue weighted by molar-refractivity contribution is 0.0789. The highest BCUT2D eigenvalue weighted by atomic mass is 32.2. The van der Waals surface area contributed by atoms with Gasteiger partial charge in [0.05, 0.1) is 28.4 Å². The van der Waals surface area contributed by atoms with E-state index in [1.165, 1.54) is 5.56 Å². The van der Waals surface area contributed by atoms with Crippen molar-refractivity contribution in [1.29, 1.82) is 0 Å². The Hall–Kier alpha value is -3.04. The van der Waals surface area contributed by atoms with Crippen molar-refractivity contribution >= 4 is 15.9 Å². The molecule has 8 nitrogen and oxygen atoms in total. The van der Waals surface area contributed by atoms with E-state index in [-0.39, 0.29) is 11.9 Å². The van der Waals surface area contributed by atoms with Crippen LogP contribution in [0.1, 0.15) is 71.6 Å². The largest absolute Gasteiger partial charge is 0.338 e. The van der Waals surface area contributed by atoms with Gasteiger partial charge in [-0.1, -0.05) is 24.3 Å². The highest BCUT2D eigenvalue weighted by Gasteiger charge is 2.38. The van der Waals surface area contributed by atoms with E-state index >= 15 is 0 Å². The summed E-state index contributed by atoms with van der Waals surface area (Å²) in [6.07, 6.45) is 9.90. The average molecular weight is 506 g/mol. The summed E-state index contributed by atoms with van der Waals surface area (Å²) in [4.78, 5) is 20.1. The minimum absolute atomic E-state index is 0.0682. The SMILES string of the molecule is O=C(c1cnn(C2CCN(S(=O)(=O)c3ccccc3)CC2)c1C1CC1)N1CCC(c2cccnc2)C1. The Labute approximate surface area is 212 Å². The second kappa shape index (κ2) is 9.44. The molecule has 1 saturated carbocycles. The maximum Gasteiger partial charge on any atom is 0.257 e. The molecule has 4 heterocycles. The number of benzene rings is 1. The highest BCUT2D eigenvalue weighted by molar-refractivity contribution is 7.89. The second-order valence-electron chi connectivity index (χ2n) is 10.1. The van der Waals surface area contributed by atoms with Crippen LogP contribution < -0.4 is 0 Å². The van der Waals surface area contributed by atoms with Gasteiger partial charge >= 0.3 is 0 Å². The molecule has 0 radical (unpaired) electrons. The molecule has 0 bridgehead atoms. The van der Waals surface area contributed by atoms with Gasteiger partial charge in [0.15, 0.2) is 0 Å². The zero-order valence-corrected chi connectivity index (χ0v) is 21.1. The van der Waals surface area contributed by atoms with E-state index in [1.807, 2.05) is 27.9 Å². The van der Waals surface area contributed by atoms with Crippen molar-refractivity contribution in [2.75, 3.05) is 26.2 Å². The third kappa shape index (κ3) is 4.35. The van der Waals surface area contributed by atoms with Crippen LogP contribution in [-0.2, 0) is 10.0 Å².